The van der Waals surface area contributed by atoms with E-state index in [2.05, 4.69) is 6.92 Å². The van der Waals surface area contributed by atoms with E-state index in [-0.39, 0.29) is 17.3 Å². The number of hydrogen-bond donors (Lipinski definition) is 0. The molecule has 11 heavy (non-hydrogen) atoms. The molecule has 0 aromatic rings. The van der Waals surface area contributed by atoms with Crippen LogP contribution in [0, 0.1) is 11.3 Å². The lowest BCUT2D eigenvalue weighted by Crippen LogP contribution is -2.51. The van der Waals surface area contributed by atoms with E-state index >= 15 is 0 Å². The molecular weight excluding hydrogens is 140 g/mol. The predicted molar refractivity (Wildman–Crippen MR) is 41.2 cm³/mol. The second kappa shape index (κ2) is 1.53. The molecule has 0 amide bonds. The zero-order valence-electron chi connectivity index (χ0n) is 7.47. The molecule has 3 rings (SSSR count). The summed E-state index contributed by atoms with van der Waals surface area (Å²) in [4.78, 5) is 11.7. The number of carbonyl (C=O) groups excluding carboxylic acids is 1. The quantitative estimate of drug-likeness (QED) is 0.527. The van der Waals surface area contributed by atoms with Crippen molar-refractivity contribution in [3.63, 3.8) is 0 Å². The van der Waals surface area contributed by atoms with Gasteiger partial charge in [0.25, 0.3) is 0 Å². The van der Waals surface area contributed by atoms with E-state index in [1.807, 2.05) is 20.8 Å². The number of Topliss-reactive ketones (excluding diaryl/α,β-unsaturated/α-hetero) is 1. The first-order valence-electron chi connectivity index (χ1n) is 4.13. The third-order valence-electron chi connectivity index (χ3n) is 3.44. The van der Waals surface area contributed by atoms with Crippen LogP contribution in [-0.4, -0.2) is 17.5 Å². The maximum atomic E-state index is 11.7. The van der Waals surface area contributed by atoms with Crippen LogP contribution in [0.15, 0.2) is 0 Å². The molecule has 3 unspecified atom stereocenters. The van der Waals surface area contributed by atoms with Crippen molar-refractivity contribution in [3.8, 4) is 0 Å². The van der Waals surface area contributed by atoms with E-state index in [1.54, 1.807) is 0 Å². The van der Waals surface area contributed by atoms with Crippen molar-refractivity contribution in [2.24, 2.45) is 11.3 Å². The minimum absolute atomic E-state index is 0.167. The third kappa shape index (κ3) is 0.527. The number of rotatable bonds is 0. The van der Waals surface area contributed by atoms with Crippen LogP contribution in [0.3, 0.4) is 0 Å². The lowest BCUT2D eigenvalue weighted by atomic mass is 9.85. The van der Waals surface area contributed by atoms with Gasteiger partial charge < -0.3 is 4.74 Å². The van der Waals surface area contributed by atoms with Crippen molar-refractivity contribution >= 4 is 5.78 Å². The number of ketones is 1. The topological polar surface area (TPSA) is 26.3 Å². The number of hydrogen-bond acceptors (Lipinski definition) is 2. The van der Waals surface area contributed by atoms with E-state index in [0.717, 1.165) is 0 Å². The van der Waals surface area contributed by atoms with Gasteiger partial charge in [0.15, 0.2) is 5.78 Å². The maximum Gasteiger partial charge on any atom is 0.172 e. The van der Waals surface area contributed by atoms with Gasteiger partial charge in [0, 0.05) is 5.92 Å². The summed E-state index contributed by atoms with van der Waals surface area (Å²) in [6, 6.07) is 0. The second-order valence-electron chi connectivity index (χ2n) is 4.48. The smallest absolute Gasteiger partial charge is 0.172 e. The van der Waals surface area contributed by atoms with Crippen LogP contribution in [-0.2, 0) is 9.53 Å². The molecule has 2 nitrogen and oxygen atoms in total. The summed E-state index contributed by atoms with van der Waals surface area (Å²) in [5.41, 5.74) is -0.692. The summed E-state index contributed by atoms with van der Waals surface area (Å²) in [5.74, 6) is 0.688. The van der Waals surface area contributed by atoms with Gasteiger partial charge in [-0.05, 0) is 6.92 Å². The van der Waals surface area contributed by atoms with Crippen LogP contribution in [0.25, 0.3) is 0 Å². The fourth-order valence-electron chi connectivity index (χ4n) is 2.49. The Kier molecular flexibility index (Phi) is 1.02. The van der Waals surface area contributed by atoms with Gasteiger partial charge in [-0.1, -0.05) is 20.8 Å². The molecule has 2 heterocycles. The average Bonchev–Trinajstić information content (AvgIpc) is 2.17. The Morgan fingerprint density at radius 3 is 2.00 bits per heavy atom. The van der Waals surface area contributed by atoms with E-state index < -0.39 is 5.60 Å². The second-order valence-corrected chi connectivity index (χ2v) is 4.48. The molecule has 3 fully saturated rings. The molecule has 2 heteroatoms. The summed E-state index contributed by atoms with van der Waals surface area (Å²) in [6.07, 6.45) is 0.167. The third-order valence-corrected chi connectivity index (χ3v) is 3.44. The molecule has 0 aromatic carbocycles. The Balaban J connectivity index is 2.44. The Labute approximate surface area is 66.9 Å². The zero-order chi connectivity index (χ0) is 8.44. The molecule has 0 radical (unpaired) electrons. The van der Waals surface area contributed by atoms with Gasteiger partial charge in [-0.2, -0.15) is 0 Å². The minimum Gasteiger partial charge on any atom is -0.362 e. The predicted octanol–water partition coefficient (Wildman–Crippen LogP) is 1.39. The molecule has 1 aliphatic carbocycles. The van der Waals surface area contributed by atoms with Gasteiger partial charge in [-0.15, -0.1) is 0 Å². The van der Waals surface area contributed by atoms with Crippen LogP contribution in [0.2, 0.25) is 0 Å². The van der Waals surface area contributed by atoms with Crippen LogP contribution in [0.1, 0.15) is 27.7 Å². The van der Waals surface area contributed by atoms with Gasteiger partial charge >= 0.3 is 0 Å². The SMILES string of the molecule is CC1C2OC1(C)C(=O)C2(C)C. The van der Waals surface area contributed by atoms with Gasteiger partial charge in [-0.25, -0.2) is 0 Å². The monoisotopic (exact) mass is 154 g/mol. The van der Waals surface area contributed by atoms with Crippen molar-refractivity contribution in [1.29, 1.82) is 0 Å². The lowest BCUT2D eigenvalue weighted by Gasteiger charge is -2.42. The first kappa shape index (κ1) is 7.29. The molecule has 0 spiro atoms. The van der Waals surface area contributed by atoms with Crippen LogP contribution in [0.5, 0.6) is 0 Å². The Morgan fingerprint density at radius 1 is 1.36 bits per heavy atom. The number of ether oxygens (including phenoxy) is 1. The Morgan fingerprint density at radius 2 is 1.91 bits per heavy atom. The van der Waals surface area contributed by atoms with Crippen molar-refractivity contribution in [2.45, 2.75) is 39.4 Å². The summed E-state index contributed by atoms with van der Waals surface area (Å²) in [6.45, 7) is 7.97. The highest BCUT2D eigenvalue weighted by Crippen LogP contribution is 2.57. The first-order chi connectivity index (χ1) is 4.90. The summed E-state index contributed by atoms with van der Waals surface area (Å²) in [5, 5.41) is 0. The number of carbonyl (C=O) groups is 1. The molecule has 0 N–H and O–H groups in total. The molecule has 2 bridgehead atoms. The maximum absolute atomic E-state index is 11.7. The standard InChI is InChI=1S/C9H14O2/c1-5-6-8(2,3)7(10)9(5,4)11-6/h5-6H,1-4H3. The normalized spacial score (nSPS) is 52.5. The zero-order valence-corrected chi connectivity index (χ0v) is 7.47. The highest BCUT2D eigenvalue weighted by Gasteiger charge is 2.71. The van der Waals surface area contributed by atoms with Crippen molar-refractivity contribution < 1.29 is 9.53 Å². The van der Waals surface area contributed by atoms with Crippen LogP contribution < -0.4 is 0 Å². The van der Waals surface area contributed by atoms with Crippen molar-refractivity contribution in [1.82, 2.24) is 0 Å². The Bertz CT molecular complexity index is 225. The van der Waals surface area contributed by atoms with Crippen LogP contribution >= 0.6 is 0 Å². The fraction of sp³-hybridized carbons (Fsp3) is 0.889. The average molecular weight is 154 g/mol. The van der Waals surface area contributed by atoms with Gasteiger partial charge in [-0.3, -0.25) is 4.79 Å². The molecule has 3 aliphatic rings. The summed E-state index contributed by atoms with van der Waals surface area (Å²) in [7, 11) is 0. The van der Waals surface area contributed by atoms with Crippen LogP contribution in [0.4, 0.5) is 0 Å². The van der Waals surface area contributed by atoms with Crippen molar-refractivity contribution in [3.05, 3.63) is 0 Å². The molecule has 62 valence electrons. The van der Waals surface area contributed by atoms with Crippen molar-refractivity contribution in [2.75, 3.05) is 0 Å². The van der Waals surface area contributed by atoms with E-state index in [1.165, 1.54) is 0 Å². The van der Waals surface area contributed by atoms with E-state index in [4.69, 9.17) is 4.74 Å². The lowest BCUT2D eigenvalue weighted by molar-refractivity contribution is -0.203. The minimum atomic E-state index is -0.450. The van der Waals surface area contributed by atoms with E-state index in [9.17, 15) is 4.79 Å². The summed E-state index contributed by atoms with van der Waals surface area (Å²) >= 11 is 0. The molecular formula is C9H14O2. The molecule has 0 aromatic heterocycles. The highest BCUT2D eigenvalue weighted by atomic mass is 16.6. The largest absolute Gasteiger partial charge is 0.362 e. The fourth-order valence-corrected chi connectivity index (χ4v) is 2.49. The van der Waals surface area contributed by atoms with Gasteiger partial charge in [0.1, 0.15) is 5.60 Å². The van der Waals surface area contributed by atoms with E-state index in [0.29, 0.717) is 5.92 Å². The van der Waals surface area contributed by atoms with Gasteiger partial charge in [0.05, 0.1) is 11.5 Å². The van der Waals surface area contributed by atoms with Gasteiger partial charge in [0.2, 0.25) is 0 Å². The molecule has 2 saturated heterocycles. The molecule has 3 atom stereocenters. The Hall–Kier alpha value is -0.370. The summed E-state index contributed by atoms with van der Waals surface area (Å²) < 4.78 is 5.53. The molecule has 1 saturated carbocycles. The number of fused-ring (bicyclic) bond motifs is 1. The first-order valence-corrected chi connectivity index (χ1v) is 4.13. The molecule has 2 aliphatic heterocycles. The highest BCUT2D eigenvalue weighted by molar-refractivity contribution is 5.97.